The SMILES string of the molecule is CC(=O)OC1=C[C@@H](C(C)C)CC=C1C. The van der Waals surface area contributed by atoms with Gasteiger partial charge in [-0.1, -0.05) is 19.9 Å². The Morgan fingerprint density at radius 1 is 1.57 bits per heavy atom. The number of carbonyl (C=O) groups excluding carboxylic acids is 1. The van der Waals surface area contributed by atoms with Gasteiger partial charge < -0.3 is 4.74 Å². The topological polar surface area (TPSA) is 26.3 Å². The van der Waals surface area contributed by atoms with Crippen molar-refractivity contribution in [3.63, 3.8) is 0 Å². The summed E-state index contributed by atoms with van der Waals surface area (Å²) in [4.78, 5) is 10.8. The molecule has 0 aliphatic heterocycles. The van der Waals surface area contributed by atoms with E-state index in [0.29, 0.717) is 11.8 Å². The number of esters is 1. The third kappa shape index (κ3) is 2.72. The molecule has 0 saturated carbocycles. The zero-order valence-electron chi connectivity index (χ0n) is 9.33. The van der Waals surface area contributed by atoms with Crippen molar-refractivity contribution in [3.8, 4) is 0 Å². The molecule has 0 fully saturated rings. The molecular weight excluding hydrogens is 176 g/mol. The first-order valence-corrected chi connectivity index (χ1v) is 5.08. The fourth-order valence-electron chi connectivity index (χ4n) is 1.54. The quantitative estimate of drug-likeness (QED) is 0.631. The van der Waals surface area contributed by atoms with Gasteiger partial charge in [-0.3, -0.25) is 4.79 Å². The summed E-state index contributed by atoms with van der Waals surface area (Å²) in [5.41, 5.74) is 1.07. The molecule has 1 atom stereocenters. The molecule has 1 aliphatic carbocycles. The minimum Gasteiger partial charge on any atom is -0.427 e. The molecule has 0 spiro atoms. The second-order valence-corrected chi connectivity index (χ2v) is 4.16. The van der Waals surface area contributed by atoms with Gasteiger partial charge in [-0.2, -0.15) is 0 Å². The van der Waals surface area contributed by atoms with Gasteiger partial charge in [-0.15, -0.1) is 0 Å². The second kappa shape index (κ2) is 4.45. The molecule has 0 saturated heterocycles. The summed E-state index contributed by atoms with van der Waals surface area (Å²) >= 11 is 0. The highest BCUT2D eigenvalue weighted by Gasteiger charge is 2.17. The molecule has 2 heteroatoms. The van der Waals surface area contributed by atoms with E-state index in [9.17, 15) is 4.79 Å². The number of allylic oxidation sites excluding steroid dienone is 3. The molecule has 0 heterocycles. The molecule has 0 bridgehead atoms. The Balaban J connectivity index is 2.77. The Labute approximate surface area is 85.6 Å². The Hall–Kier alpha value is -1.05. The summed E-state index contributed by atoms with van der Waals surface area (Å²) in [5.74, 6) is 1.58. The van der Waals surface area contributed by atoms with Crippen molar-refractivity contribution in [1.82, 2.24) is 0 Å². The van der Waals surface area contributed by atoms with Crippen LogP contribution in [0.5, 0.6) is 0 Å². The average Bonchev–Trinajstić information content (AvgIpc) is 2.07. The summed E-state index contributed by atoms with van der Waals surface area (Å²) in [6.07, 6.45) is 5.26. The number of rotatable bonds is 2. The van der Waals surface area contributed by atoms with Gasteiger partial charge in [0.25, 0.3) is 0 Å². The van der Waals surface area contributed by atoms with E-state index in [4.69, 9.17) is 4.74 Å². The highest BCUT2D eigenvalue weighted by molar-refractivity contribution is 5.68. The lowest BCUT2D eigenvalue weighted by Crippen LogP contribution is -2.12. The predicted octanol–water partition coefficient (Wildman–Crippen LogP) is 3.06. The fourth-order valence-corrected chi connectivity index (χ4v) is 1.54. The minimum absolute atomic E-state index is 0.242. The molecule has 1 rings (SSSR count). The van der Waals surface area contributed by atoms with E-state index in [2.05, 4.69) is 26.0 Å². The van der Waals surface area contributed by atoms with Crippen LogP contribution in [0.4, 0.5) is 0 Å². The van der Waals surface area contributed by atoms with Crippen molar-refractivity contribution in [2.75, 3.05) is 0 Å². The monoisotopic (exact) mass is 194 g/mol. The maximum absolute atomic E-state index is 10.8. The van der Waals surface area contributed by atoms with Crippen LogP contribution in [0.25, 0.3) is 0 Å². The first-order valence-electron chi connectivity index (χ1n) is 5.08. The fraction of sp³-hybridized carbons (Fsp3) is 0.583. The third-order valence-electron chi connectivity index (χ3n) is 2.56. The molecule has 0 aromatic carbocycles. The van der Waals surface area contributed by atoms with E-state index < -0.39 is 0 Å². The van der Waals surface area contributed by atoms with Crippen LogP contribution in [-0.4, -0.2) is 5.97 Å². The molecule has 0 N–H and O–H groups in total. The molecule has 14 heavy (non-hydrogen) atoms. The van der Waals surface area contributed by atoms with Gasteiger partial charge >= 0.3 is 5.97 Å². The lowest BCUT2D eigenvalue weighted by molar-refractivity contribution is -0.136. The Kier molecular flexibility index (Phi) is 3.50. The zero-order chi connectivity index (χ0) is 10.7. The van der Waals surface area contributed by atoms with Crippen LogP contribution in [0.15, 0.2) is 23.5 Å². The highest BCUT2D eigenvalue weighted by atomic mass is 16.5. The van der Waals surface area contributed by atoms with E-state index in [-0.39, 0.29) is 5.97 Å². The largest absolute Gasteiger partial charge is 0.427 e. The predicted molar refractivity (Wildman–Crippen MR) is 56.6 cm³/mol. The first-order chi connectivity index (χ1) is 6.50. The number of hydrogen-bond donors (Lipinski definition) is 0. The van der Waals surface area contributed by atoms with E-state index in [1.807, 2.05) is 6.92 Å². The van der Waals surface area contributed by atoms with Crippen LogP contribution in [0.1, 0.15) is 34.1 Å². The van der Waals surface area contributed by atoms with E-state index in [1.165, 1.54) is 6.92 Å². The standard InChI is InChI=1S/C12H18O2/c1-8(2)11-6-5-9(3)12(7-11)14-10(4)13/h5,7-8,11H,6H2,1-4H3/t11-/m0/s1. The van der Waals surface area contributed by atoms with Crippen molar-refractivity contribution in [2.24, 2.45) is 11.8 Å². The molecule has 0 aromatic heterocycles. The van der Waals surface area contributed by atoms with Gasteiger partial charge in [-0.05, 0) is 36.8 Å². The van der Waals surface area contributed by atoms with Crippen molar-refractivity contribution in [1.29, 1.82) is 0 Å². The number of carbonyl (C=O) groups is 1. The average molecular weight is 194 g/mol. The number of hydrogen-bond acceptors (Lipinski definition) is 2. The summed E-state index contributed by atoms with van der Waals surface area (Å²) in [6.45, 7) is 7.78. The van der Waals surface area contributed by atoms with Gasteiger partial charge in [0.1, 0.15) is 5.76 Å². The van der Waals surface area contributed by atoms with Crippen LogP contribution >= 0.6 is 0 Å². The van der Waals surface area contributed by atoms with Crippen molar-refractivity contribution < 1.29 is 9.53 Å². The van der Waals surface area contributed by atoms with Crippen molar-refractivity contribution in [2.45, 2.75) is 34.1 Å². The highest BCUT2D eigenvalue weighted by Crippen LogP contribution is 2.28. The molecule has 78 valence electrons. The van der Waals surface area contributed by atoms with Gasteiger partial charge in [-0.25, -0.2) is 0 Å². The van der Waals surface area contributed by atoms with E-state index >= 15 is 0 Å². The lowest BCUT2D eigenvalue weighted by atomic mass is 9.87. The number of ether oxygens (including phenoxy) is 1. The minimum atomic E-state index is -0.242. The molecule has 0 radical (unpaired) electrons. The smallest absolute Gasteiger partial charge is 0.308 e. The molecule has 0 amide bonds. The van der Waals surface area contributed by atoms with Crippen molar-refractivity contribution in [3.05, 3.63) is 23.5 Å². The Morgan fingerprint density at radius 2 is 2.21 bits per heavy atom. The molecule has 0 aromatic rings. The van der Waals surface area contributed by atoms with Crippen LogP contribution in [-0.2, 0) is 9.53 Å². The summed E-state index contributed by atoms with van der Waals surface area (Å²) in [7, 11) is 0. The summed E-state index contributed by atoms with van der Waals surface area (Å²) in [5, 5.41) is 0. The summed E-state index contributed by atoms with van der Waals surface area (Å²) < 4.78 is 5.14. The first kappa shape index (κ1) is 11.0. The Morgan fingerprint density at radius 3 is 2.71 bits per heavy atom. The molecule has 2 nitrogen and oxygen atoms in total. The summed E-state index contributed by atoms with van der Waals surface area (Å²) in [6, 6.07) is 0. The van der Waals surface area contributed by atoms with E-state index in [0.717, 1.165) is 17.8 Å². The van der Waals surface area contributed by atoms with Gasteiger partial charge in [0.15, 0.2) is 0 Å². The zero-order valence-corrected chi connectivity index (χ0v) is 9.33. The van der Waals surface area contributed by atoms with Crippen molar-refractivity contribution >= 4 is 5.97 Å². The third-order valence-corrected chi connectivity index (χ3v) is 2.56. The van der Waals surface area contributed by atoms with Gasteiger partial charge in [0, 0.05) is 6.92 Å². The molecule has 1 aliphatic rings. The van der Waals surface area contributed by atoms with Gasteiger partial charge in [0.05, 0.1) is 0 Å². The maximum Gasteiger partial charge on any atom is 0.308 e. The molecule has 0 unspecified atom stereocenters. The van der Waals surface area contributed by atoms with Crippen LogP contribution in [0.2, 0.25) is 0 Å². The maximum atomic E-state index is 10.8. The van der Waals surface area contributed by atoms with E-state index in [1.54, 1.807) is 0 Å². The molecular formula is C12H18O2. The van der Waals surface area contributed by atoms with Gasteiger partial charge in [0.2, 0.25) is 0 Å². The van der Waals surface area contributed by atoms with Crippen LogP contribution < -0.4 is 0 Å². The Bertz CT molecular complexity index is 285. The normalized spacial score (nSPS) is 21.6. The van der Waals surface area contributed by atoms with Crippen LogP contribution in [0, 0.1) is 11.8 Å². The van der Waals surface area contributed by atoms with Crippen LogP contribution in [0.3, 0.4) is 0 Å². The lowest BCUT2D eigenvalue weighted by Gasteiger charge is -2.22. The second-order valence-electron chi connectivity index (χ2n) is 4.16.